The monoisotopic (exact) mass is 263 g/mol. The third kappa shape index (κ3) is 3.77. The van der Waals surface area contributed by atoms with E-state index in [2.05, 4.69) is 0 Å². The molecule has 0 spiro atoms. The van der Waals surface area contributed by atoms with Crippen molar-refractivity contribution in [1.29, 1.82) is 0 Å². The van der Waals surface area contributed by atoms with E-state index in [1.54, 1.807) is 12.1 Å². The molecule has 0 aliphatic heterocycles. The van der Waals surface area contributed by atoms with Gasteiger partial charge in [0.25, 0.3) is 5.69 Å². The Balaban J connectivity index is 1.99. The number of nitrogens with zero attached hydrogens (tertiary/aromatic N) is 1. The molecule has 0 heterocycles. The summed E-state index contributed by atoms with van der Waals surface area (Å²) in [5.74, 6) is 0.294. The Bertz CT molecular complexity index is 433. The van der Waals surface area contributed by atoms with Crippen LogP contribution in [-0.4, -0.2) is 16.1 Å². The lowest BCUT2D eigenvalue weighted by Crippen LogP contribution is -2.19. The van der Waals surface area contributed by atoms with Crippen molar-refractivity contribution < 1.29 is 10.0 Å². The topological polar surface area (TPSA) is 63.4 Å². The second-order valence-corrected chi connectivity index (χ2v) is 5.39. The van der Waals surface area contributed by atoms with E-state index in [4.69, 9.17) is 0 Å². The van der Waals surface area contributed by atoms with E-state index in [9.17, 15) is 15.2 Å². The smallest absolute Gasteiger partial charge is 0.272 e. The first-order valence-corrected chi connectivity index (χ1v) is 7.09. The van der Waals surface area contributed by atoms with Crippen LogP contribution in [0, 0.1) is 16.0 Å². The van der Waals surface area contributed by atoms with Crippen molar-refractivity contribution in [2.45, 2.75) is 51.0 Å². The van der Waals surface area contributed by atoms with Crippen molar-refractivity contribution in [3.8, 4) is 0 Å². The summed E-state index contributed by atoms with van der Waals surface area (Å²) in [4.78, 5) is 10.6. The molecule has 104 valence electrons. The minimum atomic E-state index is -0.321. The lowest BCUT2D eigenvalue weighted by atomic mass is 9.90. The van der Waals surface area contributed by atoms with Gasteiger partial charge in [-0.25, -0.2) is 0 Å². The van der Waals surface area contributed by atoms with Crippen molar-refractivity contribution in [3.63, 3.8) is 0 Å². The fourth-order valence-corrected chi connectivity index (χ4v) is 2.94. The standard InChI is InChI=1S/C15H21NO3/c17-15-9-3-1-2-7-13(15)11-10-12-6-4-5-8-14(12)16(18)19/h4-6,8,13,15,17H,1-3,7,9-11H2. The fraction of sp³-hybridized carbons (Fsp3) is 0.600. The average Bonchev–Trinajstić information content (AvgIpc) is 2.61. The zero-order chi connectivity index (χ0) is 13.7. The number of hydrogen-bond acceptors (Lipinski definition) is 3. The van der Waals surface area contributed by atoms with Crippen LogP contribution in [0.15, 0.2) is 24.3 Å². The molecule has 1 saturated carbocycles. The van der Waals surface area contributed by atoms with Gasteiger partial charge >= 0.3 is 0 Å². The Kier molecular flexibility index (Phi) is 4.91. The molecular weight excluding hydrogens is 242 g/mol. The molecule has 0 radical (unpaired) electrons. The van der Waals surface area contributed by atoms with Gasteiger partial charge in [0, 0.05) is 11.6 Å². The number of nitro groups is 1. The Morgan fingerprint density at radius 3 is 2.74 bits per heavy atom. The number of aliphatic hydroxyl groups is 1. The van der Waals surface area contributed by atoms with Crippen LogP contribution in [0.1, 0.15) is 44.1 Å². The van der Waals surface area contributed by atoms with E-state index in [0.29, 0.717) is 12.3 Å². The highest BCUT2D eigenvalue weighted by Crippen LogP contribution is 2.29. The summed E-state index contributed by atoms with van der Waals surface area (Å²) in [6.45, 7) is 0. The van der Waals surface area contributed by atoms with E-state index >= 15 is 0 Å². The van der Waals surface area contributed by atoms with Crippen molar-refractivity contribution in [1.82, 2.24) is 0 Å². The molecule has 4 nitrogen and oxygen atoms in total. The number of rotatable bonds is 4. The minimum Gasteiger partial charge on any atom is -0.393 e. The number of para-hydroxylation sites is 1. The number of aliphatic hydroxyl groups excluding tert-OH is 1. The highest BCUT2D eigenvalue weighted by Gasteiger charge is 2.22. The van der Waals surface area contributed by atoms with Crippen LogP contribution >= 0.6 is 0 Å². The number of benzene rings is 1. The predicted molar refractivity (Wildman–Crippen MR) is 74.0 cm³/mol. The van der Waals surface area contributed by atoms with Gasteiger partial charge in [0.05, 0.1) is 11.0 Å². The van der Waals surface area contributed by atoms with Gasteiger partial charge in [-0.3, -0.25) is 10.1 Å². The first-order chi connectivity index (χ1) is 9.18. The van der Waals surface area contributed by atoms with Crippen LogP contribution in [0.5, 0.6) is 0 Å². The summed E-state index contributed by atoms with van der Waals surface area (Å²) in [6, 6.07) is 6.91. The molecule has 2 unspecified atom stereocenters. The molecule has 1 aromatic carbocycles. The average molecular weight is 263 g/mol. The van der Waals surface area contributed by atoms with Gasteiger partial charge in [-0.15, -0.1) is 0 Å². The van der Waals surface area contributed by atoms with Crippen molar-refractivity contribution >= 4 is 5.69 Å². The summed E-state index contributed by atoms with van der Waals surface area (Å²) in [7, 11) is 0. The molecule has 1 fully saturated rings. The summed E-state index contributed by atoms with van der Waals surface area (Å²) < 4.78 is 0. The van der Waals surface area contributed by atoms with E-state index in [-0.39, 0.29) is 16.7 Å². The van der Waals surface area contributed by atoms with Gasteiger partial charge in [0.1, 0.15) is 0 Å². The van der Waals surface area contributed by atoms with Gasteiger partial charge in [-0.05, 0) is 31.6 Å². The normalized spacial score (nSPS) is 23.8. The van der Waals surface area contributed by atoms with E-state index in [1.165, 1.54) is 12.8 Å². The SMILES string of the molecule is O=[N+]([O-])c1ccccc1CCC1CCCCCC1O. The third-order valence-electron chi connectivity index (χ3n) is 4.09. The maximum atomic E-state index is 10.9. The fourth-order valence-electron chi connectivity index (χ4n) is 2.94. The first-order valence-electron chi connectivity index (χ1n) is 7.09. The summed E-state index contributed by atoms with van der Waals surface area (Å²) in [5.41, 5.74) is 0.981. The quantitative estimate of drug-likeness (QED) is 0.514. The zero-order valence-corrected chi connectivity index (χ0v) is 11.1. The van der Waals surface area contributed by atoms with Crippen LogP contribution in [0.3, 0.4) is 0 Å². The summed E-state index contributed by atoms with van der Waals surface area (Å²) in [6.07, 6.45) is 6.67. The molecule has 2 atom stereocenters. The highest BCUT2D eigenvalue weighted by atomic mass is 16.6. The summed E-state index contributed by atoms with van der Waals surface area (Å²) in [5, 5.41) is 21.0. The molecule has 1 aliphatic carbocycles. The molecule has 1 aliphatic rings. The van der Waals surface area contributed by atoms with Gasteiger partial charge in [-0.2, -0.15) is 0 Å². The highest BCUT2D eigenvalue weighted by molar-refractivity contribution is 5.39. The van der Waals surface area contributed by atoms with Crippen molar-refractivity contribution in [2.75, 3.05) is 0 Å². The van der Waals surface area contributed by atoms with Crippen molar-refractivity contribution in [2.24, 2.45) is 5.92 Å². The Hall–Kier alpha value is -1.42. The number of aryl methyl sites for hydroxylation is 1. The maximum Gasteiger partial charge on any atom is 0.272 e. The van der Waals surface area contributed by atoms with Crippen LogP contribution in [0.25, 0.3) is 0 Å². The Morgan fingerprint density at radius 1 is 1.21 bits per heavy atom. The molecule has 4 heteroatoms. The molecule has 2 rings (SSSR count). The van der Waals surface area contributed by atoms with Crippen LogP contribution < -0.4 is 0 Å². The van der Waals surface area contributed by atoms with Gasteiger partial charge in [0.15, 0.2) is 0 Å². The second-order valence-electron chi connectivity index (χ2n) is 5.39. The number of hydrogen-bond donors (Lipinski definition) is 1. The molecule has 19 heavy (non-hydrogen) atoms. The lowest BCUT2D eigenvalue weighted by molar-refractivity contribution is -0.385. The molecule has 0 bridgehead atoms. The molecule has 1 N–H and O–H groups in total. The first kappa shape index (κ1) is 14.0. The third-order valence-corrected chi connectivity index (χ3v) is 4.09. The molecule has 1 aromatic rings. The van der Waals surface area contributed by atoms with Crippen molar-refractivity contribution in [3.05, 3.63) is 39.9 Å². The Morgan fingerprint density at radius 2 is 1.95 bits per heavy atom. The summed E-state index contributed by atoms with van der Waals surface area (Å²) >= 11 is 0. The van der Waals surface area contributed by atoms with E-state index < -0.39 is 0 Å². The van der Waals surface area contributed by atoms with Crippen LogP contribution in [-0.2, 0) is 6.42 Å². The van der Waals surface area contributed by atoms with E-state index in [1.807, 2.05) is 12.1 Å². The molecule has 0 saturated heterocycles. The minimum absolute atomic E-state index is 0.200. The molecule has 0 amide bonds. The number of nitro benzene ring substituents is 1. The van der Waals surface area contributed by atoms with Gasteiger partial charge in [-0.1, -0.05) is 37.5 Å². The predicted octanol–water partition coefficient (Wildman–Crippen LogP) is 3.47. The molecule has 0 aromatic heterocycles. The van der Waals surface area contributed by atoms with Crippen LogP contribution in [0.4, 0.5) is 5.69 Å². The molecular formula is C15H21NO3. The van der Waals surface area contributed by atoms with Gasteiger partial charge < -0.3 is 5.11 Å². The maximum absolute atomic E-state index is 10.9. The lowest BCUT2D eigenvalue weighted by Gasteiger charge is -2.20. The second kappa shape index (κ2) is 6.66. The van der Waals surface area contributed by atoms with Crippen LogP contribution in [0.2, 0.25) is 0 Å². The zero-order valence-electron chi connectivity index (χ0n) is 11.1. The van der Waals surface area contributed by atoms with E-state index in [0.717, 1.165) is 31.2 Å². The van der Waals surface area contributed by atoms with Gasteiger partial charge in [0.2, 0.25) is 0 Å². The Labute approximate surface area is 113 Å². The largest absolute Gasteiger partial charge is 0.393 e.